The summed E-state index contributed by atoms with van der Waals surface area (Å²) < 4.78 is 11.0. The second-order valence-electron chi connectivity index (χ2n) is 4.27. The molecule has 0 radical (unpaired) electrons. The number of ether oxygens (including phenoxy) is 1. The van der Waals surface area contributed by atoms with E-state index in [0.717, 1.165) is 9.33 Å². The van der Waals surface area contributed by atoms with Crippen LogP contribution in [0.2, 0.25) is 0 Å². The lowest BCUT2D eigenvalue weighted by Crippen LogP contribution is -2.21. The van der Waals surface area contributed by atoms with Crippen molar-refractivity contribution in [2.45, 2.75) is 12.8 Å². The van der Waals surface area contributed by atoms with Crippen molar-refractivity contribution in [3.05, 3.63) is 52.0 Å². The maximum atomic E-state index is 11.7. The van der Waals surface area contributed by atoms with Crippen molar-refractivity contribution in [2.75, 3.05) is 11.9 Å². The average molecular weight is 399 g/mol. The molecule has 0 saturated heterocycles. The Labute approximate surface area is 135 Å². The largest absolute Gasteiger partial charge is 0.469 e. The van der Waals surface area contributed by atoms with Crippen molar-refractivity contribution in [3.8, 4) is 0 Å². The number of carbonyl (C=O) groups is 2. The number of hydrogen-bond acceptors (Lipinski definition) is 4. The highest BCUT2D eigenvalue weighted by molar-refractivity contribution is 14.1. The Balaban J connectivity index is 1.71. The minimum atomic E-state index is -0.427. The Kier molecular flexibility index (Phi) is 5.79. The van der Waals surface area contributed by atoms with Gasteiger partial charge < -0.3 is 14.5 Å². The zero-order valence-electron chi connectivity index (χ0n) is 11.2. The Bertz CT molecular complexity index is 610. The molecule has 1 aromatic heterocycles. The van der Waals surface area contributed by atoms with E-state index in [4.69, 9.17) is 9.15 Å². The number of para-hydroxylation sites is 1. The van der Waals surface area contributed by atoms with Gasteiger partial charge in [0.2, 0.25) is 0 Å². The van der Waals surface area contributed by atoms with Gasteiger partial charge in [0, 0.05) is 9.99 Å². The standard InChI is InChI=1S/C15H14INO4/c16-12-5-1-2-6-13(12)17-14(18)10-21-15(19)8-7-11-4-3-9-20-11/h1-6,9H,7-8,10H2,(H,17,18). The highest BCUT2D eigenvalue weighted by Crippen LogP contribution is 2.16. The van der Waals surface area contributed by atoms with Crippen LogP contribution < -0.4 is 5.32 Å². The van der Waals surface area contributed by atoms with Crippen LogP contribution in [0.5, 0.6) is 0 Å². The molecular formula is C15H14INO4. The molecular weight excluding hydrogens is 385 g/mol. The van der Waals surface area contributed by atoms with E-state index in [0.29, 0.717) is 12.1 Å². The Morgan fingerprint density at radius 1 is 1.19 bits per heavy atom. The first-order valence-electron chi connectivity index (χ1n) is 6.37. The van der Waals surface area contributed by atoms with E-state index >= 15 is 0 Å². The number of nitrogens with one attached hydrogen (secondary N) is 1. The third kappa shape index (κ3) is 5.22. The maximum Gasteiger partial charge on any atom is 0.306 e. The summed E-state index contributed by atoms with van der Waals surface area (Å²) in [6.07, 6.45) is 2.20. The van der Waals surface area contributed by atoms with Crippen LogP contribution in [0.1, 0.15) is 12.2 Å². The Hall–Kier alpha value is -1.83. The second-order valence-corrected chi connectivity index (χ2v) is 5.43. The summed E-state index contributed by atoms with van der Waals surface area (Å²) in [4.78, 5) is 23.2. The third-order valence-electron chi connectivity index (χ3n) is 2.67. The molecule has 21 heavy (non-hydrogen) atoms. The molecule has 0 aliphatic heterocycles. The number of hydrogen-bond donors (Lipinski definition) is 1. The predicted octanol–water partition coefficient (Wildman–Crippen LogP) is 3.00. The normalized spacial score (nSPS) is 10.1. The van der Waals surface area contributed by atoms with Crippen molar-refractivity contribution < 1.29 is 18.7 Å². The summed E-state index contributed by atoms with van der Waals surface area (Å²) >= 11 is 2.12. The molecule has 0 atom stereocenters. The molecule has 110 valence electrons. The summed E-state index contributed by atoms with van der Waals surface area (Å²) in [5.41, 5.74) is 0.703. The minimum Gasteiger partial charge on any atom is -0.469 e. The number of carbonyl (C=O) groups excluding carboxylic acids is 2. The van der Waals surface area contributed by atoms with Crippen LogP contribution in [-0.2, 0) is 20.7 Å². The predicted molar refractivity (Wildman–Crippen MR) is 85.8 cm³/mol. The van der Waals surface area contributed by atoms with E-state index in [1.807, 2.05) is 18.2 Å². The summed E-state index contributed by atoms with van der Waals surface area (Å²) in [5, 5.41) is 2.69. The Morgan fingerprint density at radius 3 is 2.71 bits per heavy atom. The van der Waals surface area contributed by atoms with Crippen molar-refractivity contribution in [1.29, 1.82) is 0 Å². The molecule has 1 heterocycles. The van der Waals surface area contributed by atoms with E-state index in [1.54, 1.807) is 24.5 Å². The van der Waals surface area contributed by atoms with Gasteiger partial charge in [-0.05, 0) is 46.9 Å². The van der Waals surface area contributed by atoms with Crippen molar-refractivity contribution >= 4 is 40.2 Å². The summed E-state index contributed by atoms with van der Waals surface area (Å²) in [6.45, 7) is -0.290. The van der Waals surface area contributed by atoms with Gasteiger partial charge in [-0.1, -0.05) is 12.1 Å². The highest BCUT2D eigenvalue weighted by Gasteiger charge is 2.10. The molecule has 2 aromatic rings. The number of esters is 1. The van der Waals surface area contributed by atoms with Crippen LogP contribution in [-0.4, -0.2) is 18.5 Å². The maximum absolute atomic E-state index is 11.7. The molecule has 0 aliphatic rings. The molecule has 0 aliphatic carbocycles. The van der Waals surface area contributed by atoms with Gasteiger partial charge in [0.15, 0.2) is 6.61 Å². The van der Waals surface area contributed by atoms with E-state index in [1.165, 1.54) is 0 Å². The van der Waals surface area contributed by atoms with Gasteiger partial charge >= 0.3 is 5.97 Å². The fourth-order valence-corrected chi connectivity index (χ4v) is 2.17. The molecule has 6 heteroatoms. The van der Waals surface area contributed by atoms with Gasteiger partial charge in [-0.3, -0.25) is 9.59 Å². The number of rotatable bonds is 6. The van der Waals surface area contributed by atoms with Gasteiger partial charge in [0.1, 0.15) is 5.76 Å². The topological polar surface area (TPSA) is 68.5 Å². The van der Waals surface area contributed by atoms with E-state index < -0.39 is 5.97 Å². The number of amides is 1. The van der Waals surface area contributed by atoms with Gasteiger partial charge in [-0.2, -0.15) is 0 Å². The quantitative estimate of drug-likeness (QED) is 0.599. The number of benzene rings is 1. The second kappa shape index (κ2) is 7.82. The van der Waals surface area contributed by atoms with Gasteiger partial charge in [-0.15, -0.1) is 0 Å². The lowest BCUT2D eigenvalue weighted by molar-refractivity contribution is -0.147. The van der Waals surface area contributed by atoms with Crippen molar-refractivity contribution in [1.82, 2.24) is 0 Å². The van der Waals surface area contributed by atoms with E-state index in [9.17, 15) is 9.59 Å². The zero-order chi connectivity index (χ0) is 15.1. The number of anilines is 1. The molecule has 1 amide bonds. The summed E-state index contributed by atoms with van der Waals surface area (Å²) in [6, 6.07) is 10.9. The van der Waals surface area contributed by atoms with Crippen LogP contribution in [0, 0.1) is 3.57 Å². The fraction of sp³-hybridized carbons (Fsp3) is 0.200. The highest BCUT2D eigenvalue weighted by atomic mass is 127. The monoisotopic (exact) mass is 399 g/mol. The number of aryl methyl sites for hydroxylation is 1. The van der Waals surface area contributed by atoms with Crippen LogP contribution in [0.25, 0.3) is 0 Å². The first-order valence-corrected chi connectivity index (χ1v) is 7.45. The van der Waals surface area contributed by atoms with Gasteiger partial charge in [0.25, 0.3) is 5.91 Å². The van der Waals surface area contributed by atoms with Crippen LogP contribution in [0.15, 0.2) is 47.1 Å². The van der Waals surface area contributed by atoms with Crippen LogP contribution in [0.3, 0.4) is 0 Å². The molecule has 0 spiro atoms. The molecule has 1 aromatic carbocycles. The zero-order valence-corrected chi connectivity index (χ0v) is 13.3. The third-order valence-corrected chi connectivity index (χ3v) is 3.61. The molecule has 0 saturated carbocycles. The van der Waals surface area contributed by atoms with Gasteiger partial charge in [-0.25, -0.2) is 0 Å². The molecule has 5 nitrogen and oxygen atoms in total. The number of furan rings is 1. The molecule has 1 N–H and O–H groups in total. The fourth-order valence-electron chi connectivity index (χ4n) is 1.65. The lowest BCUT2D eigenvalue weighted by atomic mass is 10.2. The van der Waals surface area contributed by atoms with E-state index in [-0.39, 0.29) is 18.9 Å². The minimum absolute atomic E-state index is 0.184. The summed E-state index contributed by atoms with van der Waals surface area (Å²) in [5.74, 6) is -0.0648. The summed E-state index contributed by atoms with van der Waals surface area (Å²) in [7, 11) is 0. The smallest absolute Gasteiger partial charge is 0.306 e. The van der Waals surface area contributed by atoms with Crippen molar-refractivity contribution in [3.63, 3.8) is 0 Å². The first-order chi connectivity index (χ1) is 10.1. The Morgan fingerprint density at radius 2 is 2.00 bits per heavy atom. The molecule has 0 bridgehead atoms. The first kappa shape index (κ1) is 15.6. The lowest BCUT2D eigenvalue weighted by Gasteiger charge is -2.07. The van der Waals surface area contributed by atoms with E-state index in [2.05, 4.69) is 27.9 Å². The van der Waals surface area contributed by atoms with Crippen LogP contribution >= 0.6 is 22.6 Å². The number of halogens is 1. The molecule has 0 fully saturated rings. The molecule has 0 unspecified atom stereocenters. The SMILES string of the molecule is O=C(COC(=O)CCc1ccco1)Nc1ccccc1I. The van der Waals surface area contributed by atoms with Crippen LogP contribution in [0.4, 0.5) is 5.69 Å². The van der Waals surface area contributed by atoms with Crippen molar-refractivity contribution in [2.24, 2.45) is 0 Å². The van der Waals surface area contributed by atoms with Gasteiger partial charge in [0.05, 0.1) is 18.4 Å². The molecule has 2 rings (SSSR count). The average Bonchev–Trinajstić information content (AvgIpc) is 2.99.